The van der Waals surface area contributed by atoms with Gasteiger partial charge in [-0.3, -0.25) is 0 Å². The third-order valence-corrected chi connectivity index (χ3v) is 4.60. The molecule has 0 radical (unpaired) electrons. The van der Waals surface area contributed by atoms with Crippen molar-refractivity contribution in [2.75, 3.05) is 0 Å². The average molecular weight is 334 g/mol. The van der Waals surface area contributed by atoms with Gasteiger partial charge in [0.15, 0.2) is 0 Å². The summed E-state index contributed by atoms with van der Waals surface area (Å²) >= 11 is 6.08. The first kappa shape index (κ1) is 15.9. The summed E-state index contributed by atoms with van der Waals surface area (Å²) < 4.78 is 7.26. The number of carbonyl (C=O) groups is 1. The molecule has 1 aromatic heterocycles. The van der Waals surface area contributed by atoms with Crippen molar-refractivity contribution in [2.24, 2.45) is 11.7 Å². The van der Waals surface area contributed by atoms with Gasteiger partial charge in [0.2, 0.25) is 0 Å². The topological polar surface area (TPSA) is 70.1 Å². The predicted molar refractivity (Wildman–Crippen MR) is 89.1 cm³/mol. The van der Waals surface area contributed by atoms with Gasteiger partial charge in [-0.15, -0.1) is 0 Å². The molecule has 1 aliphatic rings. The van der Waals surface area contributed by atoms with Gasteiger partial charge in [-0.2, -0.15) is 0 Å². The first-order valence-electron chi connectivity index (χ1n) is 7.84. The van der Waals surface area contributed by atoms with Crippen LogP contribution in [0, 0.1) is 5.92 Å². The third kappa shape index (κ3) is 4.05. The van der Waals surface area contributed by atoms with Gasteiger partial charge in [-0.25, -0.2) is 9.78 Å². The molecule has 1 aliphatic carbocycles. The fourth-order valence-electron chi connectivity index (χ4n) is 3.23. The number of halogens is 1. The Morgan fingerprint density at radius 2 is 2.13 bits per heavy atom. The summed E-state index contributed by atoms with van der Waals surface area (Å²) in [5, 5.41) is 0.722. The summed E-state index contributed by atoms with van der Waals surface area (Å²) in [5.74, 6) is 0.551. The predicted octanol–water partition coefficient (Wildman–Crippen LogP) is 3.86. The van der Waals surface area contributed by atoms with Crippen molar-refractivity contribution in [1.82, 2.24) is 9.55 Å². The zero-order chi connectivity index (χ0) is 16.2. The monoisotopic (exact) mass is 333 g/mol. The molecule has 3 rings (SSSR count). The van der Waals surface area contributed by atoms with E-state index in [-0.39, 0.29) is 6.10 Å². The van der Waals surface area contributed by atoms with E-state index in [1.54, 1.807) is 0 Å². The Kier molecular flexibility index (Phi) is 4.86. The lowest BCUT2D eigenvalue weighted by atomic mass is 9.87. The molecule has 0 bridgehead atoms. The first-order chi connectivity index (χ1) is 11.1. The van der Waals surface area contributed by atoms with Gasteiger partial charge in [-0.05, 0) is 43.7 Å². The molecular formula is C17H20ClN3O2. The number of rotatable bonds is 4. The largest absolute Gasteiger partial charge is 0.446 e. The van der Waals surface area contributed by atoms with Gasteiger partial charge in [0, 0.05) is 17.1 Å². The number of aromatic nitrogens is 2. The van der Waals surface area contributed by atoms with Crippen molar-refractivity contribution in [2.45, 2.75) is 38.3 Å². The van der Waals surface area contributed by atoms with Gasteiger partial charge in [-0.1, -0.05) is 23.7 Å². The van der Waals surface area contributed by atoms with Crippen LogP contribution in [0.25, 0.3) is 11.3 Å². The highest BCUT2D eigenvalue weighted by Gasteiger charge is 2.24. The van der Waals surface area contributed by atoms with Crippen LogP contribution < -0.4 is 5.73 Å². The maximum Gasteiger partial charge on any atom is 0.404 e. The molecule has 2 N–H and O–H groups in total. The lowest BCUT2D eigenvalue weighted by Gasteiger charge is -2.28. The number of primary amides is 1. The maximum atomic E-state index is 10.8. The van der Waals surface area contributed by atoms with Crippen LogP contribution in [-0.2, 0) is 11.3 Å². The third-order valence-electron chi connectivity index (χ3n) is 4.36. The van der Waals surface area contributed by atoms with E-state index >= 15 is 0 Å². The molecule has 122 valence electrons. The molecule has 1 saturated carbocycles. The number of hydrogen-bond acceptors (Lipinski definition) is 3. The van der Waals surface area contributed by atoms with Gasteiger partial charge in [0.05, 0.1) is 18.2 Å². The van der Waals surface area contributed by atoms with E-state index in [4.69, 9.17) is 22.1 Å². The Morgan fingerprint density at radius 3 is 2.83 bits per heavy atom. The molecule has 0 unspecified atom stereocenters. The SMILES string of the molecule is NC(=O)OC1CCC(Cn2cncc2-c2cccc(Cl)c2)CC1. The second kappa shape index (κ2) is 7.04. The number of ether oxygens (including phenoxy) is 1. The quantitative estimate of drug-likeness (QED) is 0.923. The minimum absolute atomic E-state index is 0.0288. The van der Waals surface area contributed by atoms with Gasteiger partial charge >= 0.3 is 6.09 Å². The van der Waals surface area contributed by atoms with Crippen LogP contribution in [0.4, 0.5) is 4.79 Å². The molecule has 5 nitrogen and oxygen atoms in total. The number of carbonyl (C=O) groups excluding carboxylic acids is 1. The second-order valence-corrected chi connectivity index (χ2v) is 6.46. The van der Waals surface area contributed by atoms with E-state index in [0.717, 1.165) is 48.5 Å². The summed E-state index contributed by atoms with van der Waals surface area (Å²) in [6.07, 6.45) is 6.81. The number of hydrogen-bond donors (Lipinski definition) is 1. The van der Waals surface area contributed by atoms with Crippen molar-refractivity contribution < 1.29 is 9.53 Å². The highest BCUT2D eigenvalue weighted by molar-refractivity contribution is 6.30. The molecule has 6 heteroatoms. The molecule has 1 amide bonds. The molecule has 1 fully saturated rings. The first-order valence-corrected chi connectivity index (χ1v) is 8.22. The fraction of sp³-hybridized carbons (Fsp3) is 0.412. The fourth-order valence-corrected chi connectivity index (χ4v) is 3.42. The lowest BCUT2D eigenvalue weighted by molar-refractivity contribution is 0.0687. The standard InChI is InChI=1S/C17H20ClN3O2/c18-14-3-1-2-13(8-14)16-9-20-11-21(16)10-12-4-6-15(7-5-12)23-17(19)22/h1-3,8-9,11-12,15H,4-7,10H2,(H2,19,22). The summed E-state index contributed by atoms with van der Waals surface area (Å²) in [6, 6.07) is 7.80. The smallest absolute Gasteiger partial charge is 0.404 e. The Labute approximate surface area is 140 Å². The molecule has 0 atom stereocenters. The Balaban J connectivity index is 1.64. The zero-order valence-electron chi connectivity index (χ0n) is 12.8. The lowest BCUT2D eigenvalue weighted by Crippen LogP contribution is -2.28. The molecular weight excluding hydrogens is 314 g/mol. The highest BCUT2D eigenvalue weighted by Crippen LogP contribution is 2.29. The van der Waals surface area contributed by atoms with Gasteiger partial charge in [0.1, 0.15) is 6.10 Å². The van der Waals surface area contributed by atoms with E-state index in [1.165, 1.54) is 0 Å². The minimum Gasteiger partial charge on any atom is -0.446 e. The van der Waals surface area contributed by atoms with Crippen LogP contribution in [0.5, 0.6) is 0 Å². The Bertz CT molecular complexity index is 678. The molecule has 0 spiro atoms. The molecule has 23 heavy (non-hydrogen) atoms. The number of amides is 1. The minimum atomic E-state index is -0.675. The van der Waals surface area contributed by atoms with Gasteiger partial charge < -0.3 is 15.0 Å². The van der Waals surface area contributed by atoms with E-state index in [1.807, 2.05) is 36.8 Å². The van der Waals surface area contributed by atoms with Crippen LogP contribution in [0.1, 0.15) is 25.7 Å². The summed E-state index contributed by atoms with van der Waals surface area (Å²) in [6.45, 7) is 0.908. The molecule has 1 heterocycles. The van der Waals surface area contributed by atoms with Crippen LogP contribution in [0.2, 0.25) is 5.02 Å². The van der Waals surface area contributed by atoms with Crippen LogP contribution in [0.3, 0.4) is 0 Å². The second-order valence-electron chi connectivity index (χ2n) is 6.02. The molecule has 0 saturated heterocycles. The van der Waals surface area contributed by atoms with Crippen molar-refractivity contribution >= 4 is 17.7 Å². The summed E-state index contributed by atoms with van der Waals surface area (Å²) in [5.41, 5.74) is 7.22. The maximum absolute atomic E-state index is 10.8. The number of nitrogens with zero attached hydrogens (tertiary/aromatic N) is 2. The van der Waals surface area contributed by atoms with E-state index < -0.39 is 6.09 Å². The van der Waals surface area contributed by atoms with E-state index in [9.17, 15) is 4.79 Å². The van der Waals surface area contributed by atoms with Crippen molar-refractivity contribution in [3.63, 3.8) is 0 Å². The zero-order valence-corrected chi connectivity index (χ0v) is 13.6. The normalized spacial score (nSPS) is 21.1. The van der Waals surface area contributed by atoms with Crippen molar-refractivity contribution in [3.8, 4) is 11.3 Å². The number of nitrogens with two attached hydrogens (primary N) is 1. The Hall–Kier alpha value is -2.01. The number of imidazole rings is 1. The summed E-state index contributed by atoms with van der Waals surface area (Å²) in [7, 11) is 0. The number of benzene rings is 1. The Morgan fingerprint density at radius 1 is 1.35 bits per heavy atom. The van der Waals surface area contributed by atoms with Crippen LogP contribution >= 0.6 is 11.6 Å². The van der Waals surface area contributed by atoms with E-state index in [0.29, 0.717) is 5.92 Å². The van der Waals surface area contributed by atoms with Crippen LogP contribution in [0.15, 0.2) is 36.8 Å². The molecule has 2 aromatic rings. The van der Waals surface area contributed by atoms with E-state index in [2.05, 4.69) is 9.55 Å². The van der Waals surface area contributed by atoms with Crippen molar-refractivity contribution in [1.29, 1.82) is 0 Å². The highest BCUT2D eigenvalue weighted by atomic mass is 35.5. The van der Waals surface area contributed by atoms with Crippen molar-refractivity contribution in [3.05, 3.63) is 41.8 Å². The molecule has 0 aliphatic heterocycles. The molecule has 1 aromatic carbocycles. The van der Waals surface area contributed by atoms with Gasteiger partial charge in [0.25, 0.3) is 0 Å². The average Bonchev–Trinajstić information content (AvgIpc) is 2.97. The summed E-state index contributed by atoms with van der Waals surface area (Å²) in [4.78, 5) is 15.1. The van der Waals surface area contributed by atoms with Crippen LogP contribution in [-0.4, -0.2) is 21.7 Å².